The zero-order valence-electron chi connectivity index (χ0n) is 13.8. The van der Waals surface area contributed by atoms with Crippen LogP contribution in [0.15, 0.2) is 53.3 Å². The molecule has 2 heterocycles. The monoisotopic (exact) mass is 338 g/mol. The van der Waals surface area contributed by atoms with E-state index in [1.54, 1.807) is 25.6 Å². The highest BCUT2D eigenvalue weighted by atomic mass is 16.5. The fourth-order valence-corrected chi connectivity index (χ4v) is 2.26. The van der Waals surface area contributed by atoms with Gasteiger partial charge >= 0.3 is 0 Å². The first-order valence-electron chi connectivity index (χ1n) is 7.87. The minimum atomic E-state index is -0.0797. The Bertz CT molecular complexity index is 833. The molecule has 128 valence electrons. The Kier molecular flexibility index (Phi) is 5.36. The molecule has 7 nitrogen and oxygen atoms in total. The molecular weight excluding hydrogens is 320 g/mol. The molecule has 0 atom stereocenters. The molecule has 3 aromatic rings. The molecule has 2 aromatic heterocycles. The fraction of sp³-hybridized carbons (Fsp3) is 0.222. The van der Waals surface area contributed by atoms with Crippen LogP contribution in [0.1, 0.15) is 17.9 Å². The number of nitrogens with zero attached hydrogens (tertiary/aromatic N) is 3. The number of nitrogens with one attached hydrogen (secondary N) is 1. The van der Waals surface area contributed by atoms with Crippen LogP contribution < -0.4 is 10.1 Å². The number of pyridine rings is 1. The molecule has 0 aliphatic heterocycles. The Morgan fingerprint density at radius 3 is 3.00 bits per heavy atom. The van der Waals surface area contributed by atoms with Crippen molar-refractivity contribution in [2.24, 2.45) is 0 Å². The summed E-state index contributed by atoms with van der Waals surface area (Å²) in [6, 6.07) is 11.2. The van der Waals surface area contributed by atoms with Gasteiger partial charge in [0.15, 0.2) is 0 Å². The lowest BCUT2D eigenvalue weighted by Crippen LogP contribution is -2.23. The number of ether oxygens (including phenoxy) is 1. The molecule has 1 aromatic carbocycles. The average Bonchev–Trinajstić information content (AvgIpc) is 3.15. The number of carbonyl (C=O) groups excluding carboxylic acids is 1. The third-order valence-corrected chi connectivity index (χ3v) is 3.58. The number of rotatable bonds is 7. The molecular formula is C18H18N4O3. The average molecular weight is 338 g/mol. The van der Waals surface area contributed by atoms with Crippen LogP contribution in [0.4, 0.5) is 0 Å². The van der Waals surface area contributed by atoms with E-state index in [1.165, 1.54) is 0 Å². The van der Waals surface area contributed by atoms with Crippen molar-refractivity contribution < 1.29 is 14.1 Å². The zero-order valence-corrected chi connectivity index (χ0v) is 13.8. The predicted molar refractivity (Wildman–Crippen MR) is 90.7 cm³/mol. The van der Waals surface area contributed by atoms with Gasteiger partial charge in [-0.2, -0.15) is 4.98 Å². The number of aryl methyl sites for hydroxylation is 1. The van der Waals surface area contributed by atoms with Crippen molar-refractivity contribution >= 4 is 5.91 Å². The molecule has 0 saturated heterocycles. The van der Waals surface area contributed by atoms with Gasteiger partial charge in [0.05, 0.1) is 7.11 Å². The second-order valence-electron chi connectivity index (χ2n) is 5.38. The smallest absolute Gasteiger partial charge is 0.227 e. The summed E-state index contributed by atoms with van der Waals surface area (Å²) in [5.74, 6) is 1.58. The van der Waals surface area contributed by atoms with Gasteiger partial charge < -0.3 is 14.6 Å². The van der Waals surface area contributed by atoms with Crippen molar-refractivity contribution in [2.45, 2.75) is 19.4 Å². The molecule has 0 spiro atoms. The van der Waals surface area contributed by atoms with Gasteiger partial charge in [-0.3, -0.25) is 9.78 Å². The van der Waals surface area contributed by atoms with E-state index < -0.39 is 0 Å². The summed E-state index contributed by atoms with van der Waals surface area (Å²) in [7, 11) is 1.61. The van der Waals surface area contributed by atoms with E-state index in [9.17, 15) is 4.79 Å². The molecule has 1 N–H and O–H groups in total. The summed E-state index contributed by atoms with van der Waals surface area (Å²) in [6.07, 6.45) is 4.00. The minimum absolute atomic E-state index is 0.0797. The Balaban J connectivity index is 1.48. The van der Waals surface area contributed by atoms with E-state index in [-0.39, 0.29) is 12.3 Å². The molecule has 0 radical (unpaired) electrons. The summed E-state index contributed by atoms with van der Waals surface area (Å²) in [6.45, 7) is 0.445. The van der Waals surface area contributed by atoms with Crippen LogP contribution in [0, 0.1) is 0 Å². The predicted octanol–water partition coefficient (Wildman–Crippen LogP) is 2.39. The normalized spacial score (nSPS) is 10.4. The third kappa shape index (κ3) is 4.63. The molecule has 1 amide bonds. The van der Waals surface area contributed by atoms with Crippen molar-refractivity contribution in [2.75, 3.05) is 7.11 Å². The van der Waals surface area contributed by atoms with Crippen LogP contribution in [0.2, 0.25) is 0 Å². The quantitative estimate of drug-likeness (QED) is 0.711. The largest absolute Gasteiger partial charge is 0.497 e. The van der Waals surface area contributed by atoms with E-state index in [4.69, 9.17) is 9.26 Å². The van der Waals surface area contributed by atoms with Gasteiger partial charge in [0.1, 0.15) is 5.75 Å². The number of hydrogen-bond acceptors (Lipinski definition) is 6. The molecule has 7 heteroatoms. The van der Waals surface area contributed by atoms with E-state index in [0.29, 0.717) is 24.7 Å². The number of amides is 1. The topological polar surface area (TPSA) is 90.1 Å². The summed E-state index contributed by atoms with van der Waals surface area (Å²) >= 11 is 0. The van der Waals surface area contributed by atoms with Gasteiger partial charge in [0.2, 0.25) is 17.6 Å². The first-order chi connectivity index (χ1) is 12.2. The third-order valence-electron chi connectivity index (χ3n) is 3.58. The fourth-order valence-electron chi connectivity index (χ4n) is 2.26. The number of methoxy groups -OCH3 is 1. The maximum atomic E-state index is 12.0. The lowest BCUT2D eigenvalue weighted by Gasteiger charge is -2.06. The van der Waals surface area contributed by atoms with Crippen molar-refractivity contribution in [3.05, 3.63) is 60.2 Å². The van der Waals surface area contributed by atoms with Crippen molar-refractivity contribution in [3.8, 4) is 17.1 Å². The summed E-state index contributed by atoms with van der Waals surface area (Å²) in [5.41, 5.74) is 1.75. The van der Waals surface area contributed by atoms with Crippen LogP contribution >= 0.6 is 0 Å². The molecule has 3 rings (SSSR count). The minimum Gasteiger partial charge on any atom is -0.497 e. The lowest BCUT2D eigenvalue weighted by atomic mass is 10.2. The van der Waals surface area contributed by atoms with E-state index in [0.717, 1.165) is 16.9 Å². The Morgan fingerprint density at radius 2 is 2.20 bits per heavy atom. The maximum absolute atomic E-state index is 12.0. The Labute approximate surface area is 145 Å². The number of benzene rings is 1. The first kappa shape index (κ1) is 16.6. The van der Waals surface area contributed by atoms with Crippen LogP contribution in [0.5, 0.6) is 5.75 Å². The molecule has 25 heavy (non-hydrogen) atoms. The van der Waals surface area contributed by atoms with E-state index >= 15 is 0 Å². The molecule has 0 fully saturated rings. The molecule has 0 aliphatic carbocycles. The number of carbonyl (C=O) groups is 1. The van der Waals surface area contributed by atoms with Crippen LogP contribution in [-0.4, -0.2) is 28.1 Å². The Hall–Kier alpha value is -3.22. The van der Waals surface area contributed by atoms with Crippen LogP contribution in [0.3, 0.4) is 0 Å². The molecule has 0 unspecified atom stereocenters. The summed E-state index contributed by atoms with van der Waals surface area (Å²) < 4.78 is 10.3. The highest BCUT2D eigenvalue weighted by Gasteiger charge is 2.10. The van der Waals surface area contributed by atoms with Crippen molar-refractivity contribution in [1.82, 2.24) is 20.4 Å². The summed E-state index contributed by atoms with van der Waals surface area (Å²) in [4.78, 5) is 20.3. The number of aromatic nitrogens is 3. The highest BCUT2D eigenvalue weighted by molar-refractivity contribution is 5.76. The van der Waals surface area contributed by atoms with E-state index in [2.05, 4.69) is 20.4 Å². The molecule has 0 saturated carbocycles. The Morgan fingerprint density at radius 1 is 1.28 bits per heavy atom. The molecule has 0 bridgehead atoms. The van der Waals surface area contributed by atoms with Gasteiger partial charge in [-0.05, 0) is 29.8 Å². The van der Waals surface area contributed by atoms with Gasteiger partial charge in [-0.25, -0.2) is 0 Å². The first-order valence-corrected chi connectivity index (χ1v) is 7.87. The SMILES string of the molecule is COc1cccc(CNC(=O)CCc2nc(-c3cccnc3)no2)c1. The van der Waals surface area contributed by atoms with E-state index in [1.807, 2.05) is 30.3 Å². The number of hydrogen-bond donors (Lipinski definition) is 1. The maximum Gasteiger partial charge on any atom is 0.227 e. The molecule has 0 aliphatic rings. The standard InChI is InChI=1S/C18H18N4O3/c1-24-15-6-2-4-13(10-15)11-20-16(23)7-8-17-21-18(22-25-17)14-5-3-9-19-12-14/h2-6,9-10,12H,7-8,11H2,1H3,(H,20,23). The van der Waals surface area contributed by atoms with Crippen molar-refractivity contribution in [3.63, 3.8) is 0 Å². The van der Waals surface area contributed by atoms with Gasteiger partial charge in [-0.1, -0.05) is 17.3 Å². The second kappa shape index (κ2) is 8.05. The van der Waals surface area contributed by atoms with Gasteiger partial charge in [-0.15, -0.1) is 0 Å². The zero-order chi connectivity index (χ0) is 17.5. The highest BCUT2D eigenvalue weighted by Crippen LogP contribution is 2.14. The van der Waals surface area contributed by atoms with Gasteiger partial charge in [0.25, 0.3) is 0 Å². The lowest BCUT2D eigenvalue weighted by molar-refractivity contribution is -0.121. The van der Waals surface area contributed by atoms with Crippen LogP contribution in [-0.2, 0) is 17.8 Å². The van der Waals surface area contributed by atoms with Crippen molar-refractivity contribution in [1.29, 1.82) is 0 Å². The van der Waals surface area contributed by atoms with Crippen LogP contribution in [0.25, 0.3) is 11.4 Å². The summed E-state index contributed by atoms with van der Waals surface area (Å²) in [5, 5.41) is 6.77. The van der Waals surface area contributed by atoms with Gasteiger partial charge in [0, 0.05) is 37.3 Å². The second-order valence-corrected chi connectivity index (χ2v) is 5.38.